The van der Waals surface area contributed by atoms with Crippen LogP contribution in [0.1, 0.15) is 71.1 Å². The zero-order chi connectivity index (χ0) is 17.5. The second-order valence-corrected chi connectivity index (χ2v) is 7.39. The molecule has 3 N–H and O–H groups in total. The molecule has 2 amide bonds. The van der Waals surface area contributed by atoms with Gasteiger partial charge in [-0.15, -0.1) is 0 Å². The van der Waals surface area contributed by atoms with Gasteiger partial charge in [0.1, 0.15) is 6.04 Å². The van der Waals surface area contributed by atoms with E-state index in [1.807, 2.05) is 0 Å². The Morgan fingerprint density at radius 2 is 1.62 bits per heavy atom. The van der Waals surface area contributed by atoms with Crippen molar-refractivity contribution in [2.75, 3.05) is 0 Å². The topological polar surface area (TPSA) is 95.5 Å². The number of carboxylic acids is 1. The molecule has 0 aliphatic heterocycles. The van der Waals surface area contributed by atoms with Crippen LogP contribution in [0.3, 0.4) is 0 Å². The highest BCUT2D eigenvalue weighted by molar-refractivity contribution is 5.87. The summed E-state index contributed by atoms with van der Waals surface area (Å²) in [4.78, 5) is 35.2. The van der Waals surface area contributed by atoms with Crippen molar-refractivity contribution in [2.45, 2.75) is 83.2 Å². The van der Waals surface area contributed by atoms with Gasteiger partial charge in [-0.3, -0.25) is 14.4 Å². The Labute approximate surface area is 143 Å². The van der Waals surface area contributed by atoms with Crippen LogP contribution in [0.4, 0.5) is 0 Å². The van der Waals surface area contributed by atoms with Crippen LogP contribution in [-0.4, -0.2) is 35.0 Å². The SMILES string of the molecule is CC(NC(=O)CC1CCCCC1)C(=O)NC1CCC(C(=O)O)CC1. The fourth-order valence-electron chi connectivity index (χ4n) is 3.83. The number of carbonyl (C=O) groups is 3. The molecule has 24 heavy (non-hydrogen) atoms. The van der Waals surface area contributed by atoms with Crippen LogP contribution >= 0.6 is 0 Å². The first-order valence-corrected chi connectivity index (χ1v) is 9.28. The van der Waals surface area contributed by atoms with E-state index in [4.69, 9.17) is 5.11 Å². The van der Waals surface area contributed by atoms with Crippen molar-refractivity contribution >= 4 is 17.8 Å². The Morgan fingerprint density at radius 1 is 1.00 bits per heavy atom. The van der Waals surface area contributed by atoms with Gasteiger partial charge in [-0.2, -0.15) is 0 Å². The minimum atomic E-state index is -0.747. The van der Waals surface area contributed by atoms with Gasteiger partial charge in [-0.05, 0) is 51.4 Å². The van der Waals surface area contributed by atoms with E-state index in [9.17, 15) is 14.4 Å². The summed E-state index contributed by atoms with van der Waals surface area (Å²) >= 11 is 0. The molecule has 6 nitrogen and oxygen atoms in total. The molecule has 2 aliphatic rings. The average molecular weight is 338 g/mol. The highest BCUT2D eigenvalue weighted by Gasteiger charge is 2.28. The van der Waals surface area contributed by atoms with Gasteiger partial charge < -0.3 is 15.7 Å². The van der Waals surface area contributed by atoms with E-state index in [1.54, 1.807) is 6.92 Å². The Kier molecular flexibility index (Phi) is 7.06. The molecule has 136 valence electrons. The zero-order valence-corrected chi connectivity index (χ0v) is 14.6. The maximum Gasteiger partial charge on any atom is 0.306 e. The summed E-state index contributed by atoms with van der Waals surface area (Å²) in [7, 11) is 0. The van der Waals surface area contributed by atoms with Gasteiger partial charge in [0.25, 0.3) is 0 Å². The highest BCUT2D eigenvalue weighted by Crippen LogP contribution is 2.26. The van der Waals surface area contributed by atoms with E-state index in [0.29, 0.717) is 38.0 Å². The summed E-state index contributed by atoms with van der Waals surface area (Å²) in [6, 6.07) is -0.524. The molecule has 1 unspecified atom stereocenters. The Morgan fingerprint density at radius 3 is 2.21 bits per heavy atom. The molecule has 2 saturated carbocycles. The van der Waals surface area contributed by atoms with Gasteiger partial charge in [0.05, 0.1) is 5.92 Å². The summed E-state index contributed by atoms with van der Waals surface area (Å²) in [5.74, 6) is -0.792. The number of rotatable bonds is 6. The number of nitrogens with one attached hydrogen (secondary N) is 2. The molecular formula is C18H30N2O4. The predicted octanol–water partition coefficient (Wildman–Crippen LogP) is 2.22. The fourth-order valence-corrected chi connectivity index (χ4v) is 3.83. The number of aliphatic carboxylic acids is 1. The third-order valence-electron chi connectivity index (χ3n) is 5.39. The second kappa shape index (κ2) is 9.04. The summed E-state index contributed by atoms with van der Waals surface area (Å²) in [6.45, 7) is 1.71. The van der Waals surface area contributed by atoms with E-state index >= 15 is 0 Å². The van der Waals surface area contributed by atoms with E-state index in [0.717, 1.165) is 12.8 Å². The minimum Gasteiger partial charge on any atom is -0.481 e. The van der Waals surface area contributed by atoms with Gasteiger partial charge in [0, 0.05) is 12.5 Å². The summed E-state index contributed by atoms with van der Waals surface area (Å²) in [5, 5.41) is 14.7. The third-order valence-corrected chi connectivity index (χ3v) is 5.39. The maximum absolute atomic E-state index is 12.2. The van der Waals surface area contributed by atoms with Crippen LogP contribution in [0.2, 0.25) is 0 Å². The summed E-state index contributed by atoms with van der Waals surface area (Å²) in [6.07, 6.45) is 8.98. The van der Waals surface area contributed by atoms with Crippen molar-refractivity contribution in [3.63, 3.8) is 0 Å². The van der Waals surface area contributed by atoms with Crippen LogP contribution in [0.15, 0.2) is 0 Å². The minimum absolute atomic E-state index is 0.0193. The molecule has 0 aromatic rings. The van der Waals surface area contributed by atoms with Gasteiger partial charge in [0.15, 0.2) is 0 Å². The van der Waals surface area contributed by atoms with Crippen LogP contribution < -0.4 is 10.6 Å². The van der Waals surface area contributed by atoms with Gasteiger partial charge >= 0.3 is 5.97 Å². The standard InChI is InChI=1S/C18H30N2O4/c1-12(19-16(21)11-13-5-3-2-4-6-13)17(22)20-15-9-7-14(8-10-15)18(23)24/h12-15H,2-11H2,1H3,(H,19,21)(H,20,22)(H,23,24). The molecule has 0 heterocycles. The summed E-state index contributed by atoms with van der Waals surface area (Å²) < 4.78 is 0. The molecule has 0 bridgehead atoms. The molecule has 0 aromatic carbocycles. The molecule has 0 aromatic heterocycles. The fraction of sp³-hybridized carbons (Fsp3) is 0.833. The average Bonchev–Trinajstić information content (AvgIpc) is 2.56. The molecule has 2 rings (SSSR count). The lowest BCUT2D eigenvalue weighted by molar-refractivity contribution is -0.143. The van der Waals surface area contributed by atoms with Crippen molar-refractivity contribution < 1.29 is 19.5 Å². The molecule has 0 radical (unpaired) electrons. The number of amides is 2. The molecular weight excluding hydrogens is 308 g/mol. The van der Waals surface area contributed by atoms with E-state index in [-0.39, 0.29) is 23.8 Å². The number of carbonyl (C=O) groups excluding carboxylic acids is 2. The molecule has 2 aliphatic carbocycles. The monoisotopic (exact) mass is 338 g/mol. The first-order chi connectivity index (χ1) is 11.5. The largest absolute Gasteiger partial charge is 0.481 e. The number of hydrogen-bond acceptors (Lipinski definition) is 3. The Balaban J connectivity index is 1.68. The lowest BCUT2D eigenvalue weighted by Gasteiger charge is -2.28. The van der Waals surface area contributed by atoms with E-state index < -0.39 is 12.0 Å². The highest BCUT2D eigenvalue weighted by atomic mass is 16.4. The Hall–Kier alpha value is -1.59. The van der Waals surface area contributed by atoms with Gasteiger partial charge in [-0.25, -0.2) is 0 Å². The van der Waals surface area contributed by atoms with Crippen LogP contribution in [0, 0.1) is 11.8 Å². The lowest BCUT2D eigenvalue weighted by atomic mass is 9.86. The van der Waals surface area contributed by atoms with Crippen LogP contribution in [-0.2, 0) is 14.4 Å². The number of hydrogen-bond donors (Lipinski definition) is 3. The van der Waals surface area contributed by atoms with Crippen LogP contribution in [0.5, 0.6) is 0 Å². The molecule has 0 spiro atoms. The molecule has 1 atom stereocenters. The summed E-state index contributed by atoms with van der Waals surface area (Å²) in [5.41, 5.74) is 0. The van der Waals surface area contributed by atoms with Crippen molar-refractivity contribution in [2.24, 2.45) is 11.8 Å². The van der Waals surface area contributed by atoms with Crippen molar-refractivity contribution in [3.8, 4) is 0 Å². The molecule has 2 fully saturated rings. The quantitative estimate of drug-likeness (QED) is 0.692. The first kappa shape index (κ1) is 18.7. The maximum atomic E-state index is 12.2. The Bertz CT molecular complexity index is 452. The number of carboxylic acid groups (broad SMARTS) is 1. The third kappa shape index (κ3) is 5.80. The molecule has 0 saturated heterocycles. The second-order valence-electron chi connectivity index (χ2n) is 7.39. The lowest BCUT2D eigenvalue weighted by Crippen LogP contribution is -2.49. The first-order valence-electron chi connectivity index (χ1n) is 9.28. The van der Waals surface area contributed by atoms with Crippen molar-refractivity contribution in [1.82, 2.24) is 10.6 Å². The normalized spacial score (nSPS) is 26.4. The van der Waals surface area contributed by atoms with Crippen molar-refractivity contribution in [3.05, 3.63) is 0 Å². The smallest absolute Gasteiger partial charge is 0.306 e. The van der Waals surface area contributed by atoms with E-state index in [2.05, 4.69) is 10.6 Å². The zero-order valence-electron chi connectivity index (χ0n) is 14.6. The van der Waals surface area contributed by atoms with Gasteiger partial charge in [0.2, 0.25) is 11.8 Å². The van der Waals surface area contributed by atoms with E-state index in [1.165, 1.54) is 19.3 Å². The molecule has 6 heteroatoms. The van der Waals surface area contributed by atoms with Crippen molar-refractivity contribution in [1.29, 1.82) is 0 Å². The van der Waals surface area contributed by atoms with Crippen LogP contribution in [0.25, 0.3) is 0 Å². The predicted molar refractivity (Wildman–Crippen MR) is 90.3 cm³/mol. The van der Waals surface area contributed by atoms with Gasteiger partial charge in [-0.1, -0.05) is 19.3 Å².